The molecule has 0 fully saturated rings. The van der Waals surface area contributed by atoms with Gasteiger partial charge in [0.1, 0.15) is 0 Å². The van der Waals surface area contributed by atoms with Gasteiger partial charge in [-0.3, -0.25) is 0 Å². The fraction of sp³-hybridized carbons (Fsp3) is 0.0909. The molecule has 0 amide bonds. The maximum absolute atomic E-state index is 2.44. The molecule has 1 aliphatic carbocycles. The summed E-state index contributed by atoms with van der Waals surface area (Å²) in [6.07, 6.45) is 2.39. The quantitative estimate of drug-likeness (QED) is 0.387. The van der Waals surface area contributed by atoms with Crippen LogP contribution in [0.4, 0.5) is 17.1 Å². The summed E-state index contributed by atoms with van der Waals surface area (Å²) in [4.78, 5) is 5.08. The molecule has 1 atom stereocenters. The van der Waals surface area contributed by atoms with Gasteiger partial charge in [-0.2, -0.15) is 0 Å². The van der Waals surface area contributed by atoms with Gasteiger partial charge in [0.05, 0.1) is 0 Å². The maximum atomic E-state index is 2.44. The van der Waals surface area contributed by atoms with Gasteiger partial charge in [-0.25, -0.2) is 0 Å². The first-order chi connectivity index (χ1) is 12.2. The fourth-order valence-corrected chi connectivity index (χ4v) is 5.58. The second kappa shape index (κ2) is 8.17. The Hall–Kier alpha value is -0.987. The molecule has 5 heteroatoms. The van der Waals surface area contributed by atoms with Crippen molar-refractivity contribution in [2.75, 3.05) is 4.90 Å². The molecule has 0 saturated heterocycles. The van der Waals surface area contributed by atoms with Crippen molar-refractivity contribution in [1.29, 1.82) is 0 Å². The Morgan fingerprint density at radius 1 is 0.778 bits per heavy atom. The molecule has 1 aliphatic heterocycles. The van der Waals surface area contributed by atoms with Crippen LogP contribution in [0.3, 0.4) is 0 Å². The van der Waals surface area contributed by atoms with Crippen molar-refractivity contribution in [3.8, 4) is 0 Å². The molecular formula is C22H16Cl2NSZr. The Bertz CT molecular complexity index is 989. The van der Waals surface area contributed by atoms with Crippen LogP contribution in [0.15, 0.2) is 82.1 Å². The Morgan fingerprint density at radius 2 is 1.33 bits per heavy atom. The fourth-order valence-electron chi connectivity index (χ4n) is 3.69. The minimum Gasteiger partial charge on any atom is -1.00 e. The first kappa shape index (κ1) is 20.7. The third-order valence-electron chi connectivity index (χ3n) is 4.93. The molecule has 3 aromatic rings. The van der Waals surface area contributed by atoms with Crippen LogP contribution in [0.1, 0.15) is 21.7 Å². The van der Waals surface area contributed by atoms with Gasteiger partial charge in [0.15, 0.2) is 0 Å². The summed E-state index contributed by atoms with van der Waals surface area (Å²) in [6, 6.07) is 24.2. The molecule has 0 radical (unpaired) electrons. The van der Waals surface area contributed by atoms with Crippen LogP contribution in [-0.2, 0) is 24.7 Å². The van der Waals surface area contributed by atoms with Gasteiger partial charge < -0.3 is 24.8 Å². The van der Waals surface area contributed by atoms with Crippen LogP contribution in [0.2, 0.25) is 0 Å². The summed E-state index contributed by atoms with van der Waals surface area (Å²) < 4.78 is 0.590. The number of para-hydroxylation sites is 2. The normalized spacial score (nSPS) is 16.3. The molecule has 1 heterocycles. The van der Waals surface area contributed by atoms with Crippen molar-refractivity contribution < 1.29 is 49.5 Å². The van der Waals surface area contributed by atoms with E-state index >= 15 is 0 Å². The van der Waals surface area contributed by atoms with Crippen LogP contribution < -0.4 is 29.7 Å². The number of rotatable bonds is 1. The van der Waals surface area contributed by atoms with E-state index in [-0.39, 0.29) is 24.8 Å². The topological polar surface area (TPSA) is 3.24 Å². The number of benzene rings is 3. The summed E-state index contributed by atoms with van der Waals surface area (Å²) in [5, 5.41) is 0. The van der Waals surface area contributed by atoms with E-state index in [9.17, 15) is 0 Å². The van der Waals surface area contributed by atoms with Crippen molar-refractivity contribution in [2.45, 2.75) is 20.3 Å². The van der Waals surface area contributed by atoms with Crippen molar-refractivity contribution in [3.63, 3.8) is 0 Å². The van der Waals surface area contributed by atoms with E-state index in [0.29, 0.717) is 3.63 Å². The van der Waals surface area contributed by atoms with E-state index in [4.69, 9.17) is 0 Å². The zero-order valence-electron chi connectivity index (χ0n) is 14.6. The van der Waals surface area contributed by atoms with Gasteiger partial charge in [-0.05, 0) is 0 Å². The Balaban J connectivity index is 0.00000105. The first-order valence-electron chi connectivity index (χ1n) is 8.42. The maximum Gasteiger partial charge on any atom is -1.00 e. The molecule has 2 aliphatic rings. The number of anilines is 3. The van der Waals surface area contributed by atoms with Gasteiger partial charge in [0, 0.05) is 0 Å². The molecule has 0 spiro atoms. The van der Waals surface area contributed by atoms with Crippen molar-refractivity contribution in [2.24, 2.45) is 0 Å². The molecule has 0 N–H and O–H groups in total. The Morgan fingerprint density at radius 3 is 1.96 bits per heavy atom. The smallest absolute Gasteiger partial charge is 1.00 e. The number of hydrogen-bond acceptors (Lipinski definition) is 2. The van der Waals surface area contributed by atoms with Crippen LogP contribution in [0, 0.1) is 0 Å². The first-order valence-corrected chi connectivity index (χ1v) is 10.7. The van der Waals surface area contributed by atoms with Crippen LogP contribution in [0.25, 0.3) is 6.08 Å². The molecular weight excluding hydrogens is 472 g/mol. The van der Waals surface area contributed by atoms with Crippen LogP contribution in [0.5, 0.6) is 0 Å². The molecule has 5 rings (SSSR count). The van der Waals surface area contributed by atoms with E-state index in [1.165, 1.54) is 43.6 Å². The average molecular weight is 489 g/mol. The minimum atomic E-state index is 0. The SMILES string of the molecule is CC1=Cc2c(cccc2N2c3ccccc3Sc3ccccc32)[CH]1[Zr+2].[Cl-].[Cl-]. The molecule has 133 valence electrons. The Labute approximate surface area is 191 Å². The number of fused-ring (bicyclic) bond motifs is 3. The summed E-state index contributed by atoms with van der Waals surface area (Å²) >= 11 is 3.43. The van der Waals surface area contributed by atoms with E-state index in [1.807, 2.05) is 11.8 Å². The third-order valence-corrected chi connectivity index (χ3v) is 7.94. The van der Waals surface area contributed by atoms with Crippen LogP contribution >= 0.6 is 11.8 Å². The van der Waals surface area contributed by atoms with Gasteiger partial charge >= 0.3 is 168 Å². The molecule has 1 unspecified atom stereocenters. The van der Waals surface area contributed by atoms with Crippen molar-refractivity contribution >= 4 is 34.9 Å². The number of nitrogens with zero attached hydrogens (tertiary/aromatic N) is 1. The predicted molar refractivity (Wildman–Crippen MR) is 102 cm³/mol. The van der Waals surface area contributed by atoms with E-state index in [0.717, 1.165) is 0 Å². The van der Waals surface area contributed by atoms with E-state index in [1.54, 1.807) is 24.7 Å². The van der Waals surface area contributed by atoms with Gasteiger partial charge in [0.25, 0.3) is 0 Å². The summed E-state index contributed by atoms with van der Waals surface area (Å²) in [6.45, 7) is 2.26. The molecule has 0 bridgehead atoms. The molecule has 1 nitrogen and oxygen atoms in total. The third kappa shape index (κ3) is 3.34. The standard InChI is InChI=1S/C22H16NS.2ClH.Zr/c1-15-13-16-7-6-10-18(17(16)14-15)23-19-8-2-4-11-21(19)24-22-12-5-3-9-20(22)23;;;/h2-14H,1H3;2*1H;/q;;;+2/p-2. The average Bonchev–Trinajstić information content (AvgIpc) is 2.94. The Kier molecular flexibility index (Phi) is 6.28. The number of hydrogen-bond donors (Lipinski definition) is 0. The van der Waals surface area contributed by atoms with Crippen molar-refractivity contribution in [1.82, 2.24) is 0 Å². The number of halogens is 2. The zero-order valence-corrected chi connectivity index (χ0v) is 19.4. The van der Waals surface area contributed by atoms with Gasteiger partial charge in [-0.15, -0.1) is 0 Å². The minimum absolute atomic E-state index is 0. The van der Waals surface area contributed by atoms with Crippen molar-refractivity contribution in [3.05, 3.63) is 83.4 Å². The van der Waals surface area contributed by atoms with E-state index < -0.39 is 0 Å². The van der Waals surface area contributed by atoms with Crippen LogP contribution in [-0.4, -0.2) is 0 Å². The summed E-state index contributed by atoms with van der Waals surface area (Å²) in [5.41, 5.74) is 8.19. The monoisotopic (exact) mass is 486 g/mol. The second-order valence-electron chi connectivity index (χ2n) is 6.47. The molecule has 0 saturated carbocycles. The molecule has 27 heavy (non-hydrogen) atoms. The van der Waals surface area contributed by atoms with E-state index in [2.05, 4.69) is 84.6 Å². The molecule has 3 aromatic carbocycles. The summed E-state index contributed by atoms with van der Waals surface area (Å²) in [5.74, 6) is 0. The molecule has 0 aromatic heterocycles. The predicted octanol–water partition coefficient (Wildman–Crippen LogP) is 0.634. The van der Waals surface area contributed by atoms with Gasteiger partial charge in [0.2, 0.25) is 0 Å². The van der Waals surface area contributed by atoms with Gasteiger partial charge in [-0.1, -0.05) is 0 Å². The summed E-state index contributed by atoms with van der Waals surface area (Å²) in [7, 11) is 0. The number of allylic oxidation sites excluding steroid dienone is 1. The largest absolute Gasteiger partial charge is 1.00 e. The second-order valence-corrected chi connectivity index (χ2v) is 8.98. The zero-order chi connectivity index (χ0) is 17.0.